The molecule has 1 N–H and O–H groups in total. The van der Waals surface area contributed by atoms with Crippen molar-refractivity contribution in [1.29, 1.82) is 0 Å². The summed E-state index contributed by atoms with van der Waals surface area (Å²) < 4.78 is 0. The van der Waals surface area contributed by atoms with Gasteiger partial charge in [0.05, 0.1) is 4.99 Å². The largest absolute Gasteiger partial charge is 0.354 e. The highest BCUT2D eigenvalue weighted by Crippen LogP contribution is 2.24. The average Bonchev–Trinajstić information content (AvgIpc) is 1.85. The van der Waals surface area contributed by atoms with Crippen molar-refractivity contribution in [2.24, 2.45) is 11.8 Å². The maximum Gasteiger partial charge on any atom is 0.0828 e. The molecule has 1 heterocycles. The third-order valence-electron chi connectivity index (χ3n) is 2.20. The summed E-state index contributed by atoms with van der Waals surface area (Å²) in [6.45, 7) is 8.29. The molecule has 1 atom stereocenters. The fourth-order valence-electron chi connectivity index (χ4n) is 1.43. The first-order valence-corrected chi connectivity index (χ1v) is 4.50. The molecule has 1 rings (SSSR count). The highest BCUT2D eigenvalue weighted by Gasteiger charge is 2.22. The standard InChI is InChI=1S/C9H15NS/c1-6(2)8-5-4-7(3)10-9(8)11/h6,8H,3-5H2,1-2H3,(H,10,11). The predicted molar refractivity (Wildman–Crippen MR) is 52.4 cm³/mol. The summed E-state index contributed by atoms with van der Waals surface area (Å²) in [5, 5.41) is 3.15. The van der Waals surface area contributed by atoms with Crippen LogP contribution in [0.3, 0.4) is 0 Å². The number of rotatable bonds is 1. The summed E-state index contributed by atoms with van der Waals surface area (Å²) in [7, 11) is 0. The molecule has 0 saturated carbocycles. The van der Waals surface area contributed by atoms with Crippen LogP contribution in [0.2, 0.25) is 0 Å². The van der Waals surface area contributed by atoms with Gasteiger partial charge in [0, 0.05) is 11.6 Å². The maximum atomic E-state index is 5.21. The first kappa shape index (κ1) is 8.72. The number of hydrogen-bond donors (Lipinski definition) is 1. The molecule has 2 heteroatoms. The van der Waals surface area contributed by atoms with Crippen molar-refractivity contribution in [2.75, 3.05) is 0 Å². The van der Waals surface area contributed by atoms with Crippen LogP contribution in [0.4, 0.5) is 0 Å². The Labute approximate surface area is 73.9 Å². The normalized spacial score (nSPS) is 25.5. The van der Waals surface area contributed by atoms with Gasteiger partial charge in [0.1, 0.15) is 0 Å². The highest BCUT2D eigenvalue weighted by atomic mass is 32.1. The topological polar surface area (TPSA) is 12.0 Å². The third kappa shape index (κ3) is 2.03. The quantitative estimate of drug-likeness (QED) is 0.605. The van der Waals surface area contributed by atoms with Gasteiger partial charge < -0.3 is 5.32 Å². The zero-order valence-electron chi connectivity index (χ0n) is 7.18. The Balaban J connectivity index is 2.57. The van der Waals surface area contributed by atoms with Gasteiger partial charge in [-0.1, -0.05) is 32.6 Å². The van der Waals surface area contributed by atoms with E-state index < -0.39 is 0 Å². The second-order valence-corrected chi connectivity index (χ2v) is 3.92. The van der Waals surface area contributed by atoms with Crippen molar-refractivity contribution in [2.45, 2.75) is 26.7 Å². The van der Waals surface area contributed by atoms with Gasteiger partial charge in [-0.05, 0) is 18.8 Å². The molecule has 0 aromatic carbocycles. The van der Waals surface area contributed by atoms with Gasteiger partial charge in [-0.2, -0.15) is 0 Å². The summed E-state index contributed by atoms with van der Waals surface area (Å²) in [5.41, 5.74) is 1.08. The van der Waals surface area contributed by atoms with E-state index in [1.807, 2.05) is 0 Å². The number of allylic oxidation sites excluding steroid dienone is 1. The Morgan fingerprint density at radius 1 is 1.64 bits per heavy atom. The van der Waals surface area contributed by atoms with Crippen LogP contribution in [0.15, 0.2) is 12.3 Å². The lowest BCUT2D eigenvalue weighted by molar-refractivity contribution is 0.441. The maximum absolute atomic E-state index is 5.21. The molecule has 1 fully saturated rings. The molecule has 1 saturated heterocycles. The van der Waals surface area contributed by atoms with Crippen LogP contribution in [0.1, 0.15) is 26.7 Å². The van der Waals surface area contributed by atoms with E-state index in [9.17, 15) is 0 Å². The van der Waals surface area contributed by atoms with Crippen LogP contribution < -0.4 is 5.32 Å². The fraction of sp³-hybridized carbons (Fsp3) is 0.667. The number of piperidine rings is 1. The summed E-state index contributed by atoms with van der Waals surface area (Å²) >= 11 is 5.21. The summed E-state index contributed by atoms with van der Waals surface area (Å²) in [4.78, 5) is 0.983. The minimum atomic E-state index is 0.565. The van der Waals surface area contributed by atoms with E-state index >= 15 is 0 Å². The van der Waals surface area contributed by atoms with Gasteiger partial charge in [0.25, 0.3) is 0 Å². The molecule has 0 radical (unpaired) electrons. The highest BCUT2D eigenvalue weighted by molar-refractivity contribution is 7.80. The molecule has 1 aliphatic rings. The van der Waals surface area contributed by atoms with E-state index in [1.54, 1.807) is 0 Å². The molecule has 0 bridgehead atoms. The van der Waals surface area contributed by atoms with Crippen molar-refractivity contribution in [3.63, 3.8) is 0 Å². The monoisotopic (exact) mass is 169 g/mol. The first-order valence-electron chi connectivity index (χ1n) is 4.10. The lowest BCUT2D eigenvalue weighted by atomic mass is 9.88. The molecular weight excluding hydrogens is 154 g/mol. The fourth-order valence-corrected chi connectivity index (χ4v) is 1.96. The Hall–Kier alpha value is -0.370. The number of thiocarbonyl (C=S) groups is 1. The van der Waals surface area contributed by atoms with Gasteiger partial charge in [-0.25, -0.2) is 0 Å². The van der Waals surface area contributed by atoms with E-state index in [1.165, 1.54) is 6.42 Å². The van der Waals surface area contributed by atoms with Crippen LogP contribution in [0.5, 0.6) is 0 Å². The van der Waals surface area contributed by atoms with E-state index in [-0.39, 0.29) is 0 Å². The van der Waals surface area contributed by atoms with Crippen LogP contribution in [0, 0.1) is 11.8 Å². The summed E-state index contributed by atoms with van der Waals surface area (Å²) in [6.07, 6.45) is 2.24. The minimum absolute atomic E-state index is 0.565. The van der Waals surface area contributed by atoms with Crippen molar-refractivity contribution in [3.05, 3.63) is 12.3 Å². The first-order chi connectivity index (χ1) is 5.11. The Bertz CT molecular complexity index is 184. The van der Waals surface area contributed by atoms with Crippen LogP contribution >= 0.6 is 12.2 Å². The molecule has 0 aromatic rings. The van der Waals surface area contributed by atoms with Gasteiger partial charge in [-0.15, -0.1) is 0 Å². The van der Waals surface area contributed by atoms with Gasteiger partial charge in [-0.3, -0.25) is 0 Å². The Kier molecular flexibility index (Phi) is 2.66. The van der Waals surface area contributed by atoms with Crippen molar-refractivity contribution >= 4 is 17.2 Å². The minimum Gasteiger partial charge on any atom is -0.354 e. The summed E-state index contributed by atoms with van der Waals surface area (Å²) in [6, 6.07) is 0. The molecule has 0 aliphatic carbocycles. The van der Waals surface area contributed by atoms with Crippen LogP contribution in [-0.2, 0) is 0 Å². The van der Waals surface area contributed by atoms with E-state index in [2.05, 4.69) is 25.7 Å². The van der Waals surface area contributed by atoms with E-state index in [4.69, 9.17) is 12.2 Å². The zero-order valence-corrected chi connectivity index (χ0v) is 8.00. The zero-order chi connectivity index (χ0) is 8.43. The van der Waals surface area contributed by atoms with Gasteiger partial charge in [0.2, 0.25) is 0 Å². The SMILES string of the molecule is C=C1CCC(C(C)C)C(=S)N1. The smallest absolute Gasteiger partial charge is 0.0828 e. The third-order valence-corrected chi connectivity index (χ3v) is 2.60. The Morgan fingerprint density at radius 3 is 2.73 bits per heavy atom. The molecule has 0 amide bonds. The predicted octanol–water partition coefficient (Wildman–Crippen LogP) is 2.48. The lowest BCUT2D eigenvalue weighted by Crippen LogP contribution is -2.35. The van der Waals surface area contributed by atoms with Gasteiger partial charge >= 0.3 is 0 Å². The average molecular weight is 169 g/mol. The number of nitrogens with one attached hydrogen (secondary N) is 1. The molecule has 0 spiro atoms. The second kappa shape index (κ2) is 3.35. The summed E-state index contributed by atoms with van der Waals surface area (Å²) in [5.74, 6) is 1.22. The molecule has 1 nitrogen and oxygen atoms in total. The number of hydrogen-bond acceptors (Lipinski definition) is 1. The molecule has 62 valence electrons. The Morgan fingerprint density at radius 2 is 2.27 bits per heavy atom. The molecule has 11 heavy (non-hydrogen) atoms. The van der Waals surface area contributed by atoms with E-state index in [0.29, 0.717) is 11.8 Å². The van der Waals surface area contributed by atoms with E-state index in [0.717, 1.165) is 17.1 Å². The molecule has 1 unspecified atom stereocenters. The second-order valence-electron chi connectivity index (χ2n) is 3.48. The van der Waals surface area contributed by atoms with Crippen molar-refractivity contribution in [1.82, 2.24) is 5.32 Å². The van der Waals surface area contributed by atoms with Crippen molar-refractivity contribution in [3.8, 4) is 0 Å². The molecular formula is C9H15NS. The van der Waals surface area contributed by atoms with Crippen LogP contribution in [0.25, 0.3) is 0 Å². The van der Waals surface area contributed by atoms with Crippen molar-refractivity contribution < 1.29 is 0 Å². The lowest BCUT2D eigenvalue weighted by Gasteiger charge is -2.28. The molecule has 0 aromatic heterocycles. The van der Waals surface area contributed by atoms with Gasteiger partial charge in [0.15, 0.2) is 0 Å². The van der Waals surface area contributed by atoms with Crippen LogP contribution in [-0.4, -0.2) is 4.99 Å². The molecule has 1 aliphatic heterocycles.